The van der Waals surface area contributed by atoms with E-state index in [9.17, 15) is 4.79 Å². The molecule has 1 aromatic heterocycles. The zero-order chi connectivity index (χ0) is 17.5. The van der Waals surface area contributed by atoms with Gasteiger partial charge in [0.25, 0.3) is 5.89 Å². The summed E-state index contributed by atoms with van der Waals surface area (Å²) in [6, 6.07) is 0. The summed E-state index contributed by atoms with van der Waals surface area (Å²) in [4.78, 5) is 18.8. The number of methoxy groups -OCH3 is 1. The number of hydrogen-bond donors (Lipinski definition) is 0. The second-order valence-electron chi connectivity index (χ2n) is 7.16. The number of aromatic nitrogens is 2. The van der Waals surface area contributed by atoms with Gasteiger partial charge in [0.2, 0.25) is 5.91 Å². The van der Waals surface area contributed by atoms with Crippen LogP contribution in [-0.2, 0) is 27.5 Å². The molecule has 1 aliphatic heterocycles. The second kappa shape index (κ2) is 9.29. The molecule has 2 aliphatic rings. The van der Waals surface area contributed by atoms with Gasteiger partial charge in [-0.3, -0.25) is 4.79 Å². The highest BCUT2D eigenvalue weighted by molar-refractivity contribution is 5.76. The third kappa shape index (κ3) is 5.51. The molecule has 7 nitrogen and oxygen atoms in total. The van der Waals surface area contributed by atoms with Crippen LogP contribution in [0.2, 0.25) is 0 Å². The Morgan fingerprint density at radius 3 is 2.84 bits per heavy atom. The first-order valence-electron chi connectivity index (χ1n) is 9.44. The average molecular weight is 351 g/mol. The minimum Gasteiger partial charge on any atom is -0.375 e. The van der Waals surface area contributed by atoms with Gasteiger partial charge in [-0.15, -0.1) is 0 Å². The molecule has 0 N–H and O–H groups in total. The minimum atomic E-state index is 0.0495. The largest absolute Gasteiger partial charge is 0.375 e. The minimum absolute atomic E-state index is 0.0495. The lowest BCUT2D eigenvalue weighted by molar-refractivity contribution is -0.137. The SMILES string of the molecule is COCc1nc(COC2CCCN(C(=O)CC3CCCCC3)C2)no1. The fraction of sp³-hybridized carbons (Fsp3) is 0.833. The van der Waals surface area contributed by atoms with E-state index in [-0.39, 0.29) is 6.10 Å². The number of likely N-dealkylation sites (tertiary alicyclic amines) is 1. The predicted octanol–water partition coefficient (Wildman–Crippen LogP) is 2.69. The maximum absolute atomic E-state index is 12.6. The van der Waals surface area contributed by atoms with Crippen molar-refractivity contribution in [3.63, 3.8) is 0 Å². The molecule has 3 rings (SSSR count). The first kappa shape index (κ1) is 18.3. The molecular weight excluding hydrogens is 322 g/mol. The number of ether oxygens (including phenoxy) is 2. The number of carbonyl (C=O) groups is 1. The van der Waals surface area contributed by atoms with Gasteiger partial charge in [0.05, 0.1) is 6.10 Å². The normalized spacial score (nSPS) is 22.3. The van der Waals surface area contributed by atoms with E-state index < -0.39 is 0 Å². The molecule has 1 aliphatic carbocycles. The van der Waals surface area contributed by atoms with Crippen molar-refractivity contribution in [2.24, 2.45) is 5.92 Å². The Kier molecular flexibility index (Phi) is 6.81. The Morgan fingerprint density at radius 2 is 2.04 bits per heavy atom. The van der Waals surface area contributed by atoms with Crippen molar-refractivity contribution in [2.75, 3.05) is 20.2 Å². The summed E-state index contributed by atoms with van der Waals surface area (Å²) in [5, 5.41) is 3.88. The van der Waals surface area contributed by atoms with Gasteiger partial charge in [-0.2, -0.15) is 4.98 Å². The van der Waals surface area contributed by atoms with Crippen LogP contribution < -0.4 is 0 Å². The lowest BCUT2D eigenvalue weighted by Crippen LogP contribution is -2.43. The molecule has 1 amide bonds. The van der Waals surface area contributed by atoms with E-state index in [2.05, 4.69) is 10.1 Å². The van der Waals surface area contributed by atoms with E-state index >= 15 is 0 Å². The fourth-order valence-electron chi connectivity index (χ4n) is 3.79. The molecule has 0 spiro atoms. The summed E-state index contributed by atoms with van der Waals surface area (Å²) in [6.07, 6.45) is 9.01. The summed E-state index contributed by atoms with van der Waals surface area (Å²) >= 11 is 0. The molecule has 1 atom stereocenters. The molecular formula is C18H29N3O4. The van der Waals surface area contributed by atoms with Crippen molar-refractivity contribution < 1.29 is 18.8 Å². The van der Waals surface area contributed by atoms with Gasteiger partial charge >= 0.3 is 0 Å². The highest BCUT2D eigenvalue weighted by Gasteiger charge is 2.26. The van der Waals surface area contributed by atoms with Crippen LogP contribution in [0, 0.1) is 5.92 Å². The molecule has 0 radical (unpaired) electrons. The van der Waals surface area contributed by atoms with Crippen LogP contribution in [0.15, 0.2) is 4.52 Å². The van der Waals surface area contributed by atoms with Crippen molar-refractivity contribution in [3.05, 3.63) is 11.7 Å². The predicted molar refractivity (Wildman–Crippen MR) is 90.6 cm³/mol. The molecule has 7 heteroatoms. The first-order chi connectivity index (χ1) is 12.2. The van der Waals surface area contributed by atoms with Gasteiger partial charge in [0.15, 0.2) is 5.82 Å². The molecule has 2 fully saturated rings. The van der Waals surface area contributed by atoms with Crippen molar-refractivity contribution in [1.29, 1.82) is 0 Å². The molecule has 140 valence electrons. The van der Waals surface area contributed by atoms with Crippen molar-refractivity contribution in [3.8, 4) is 0 Å². The van der Waals surface area contributed by atoms with Crippen LogP contribution in [-0.4, -0.2) is 47.3 Å². The summed E-state index contributed by atoms with van der Waals surface area (Å²) in [7, 11) is 1.58. The number of hydrogen-bond acceptors (Lipinski definition) is 6. The van der Waals surface area contributed by atoms with Gasteiger partial charge in [0, 0.05) is 26.6 Å². The highest BCUT2D eigenvalue weighted by Crippen LogP contribution is 2.27. The van der Waals surface area contributed by atoms with Gasteiger partial charge in [-0.25, -0.2) is 0 Å². The highest BCUT2D eigenvalue weighted by atomic mass is 16.5. The van der Waals surface area contributed by atoms with E-state index in [0.29, 0.717) is 49.7 Å². The molecule has 1 saturated heterocycles. The quantitative estimate of drug-likeness (QED) is 0.752. The average Bonchev–Trinajstić information content (AvgIpc) is 3.09. The Balaban J connectivity index is 1.42. The van der Waals surface area contributed by atoms with Crippen LogP contribution in [0.3, 0.4) is 0 Å². The summed E-state index contributed by atoms with van der Waals surface area (Å²) < 4.78 is 15.9. The zero-order valence-electron chi connectivity index (χ0n) is 15.1. The smallest absolute Gasteiger partial charge is 0.252 e. The van der Waals surface area contributed by atoms with E-state index in [0.717, 1.165) is 19.4 Å². The monoisotopic (exact) mass is 351 g/mol. The number of carbonyl (C=O) groups excluding carboxylic acids is 1. The number of nitrogens with zero attached hydrogens (tertiary/aromatic N) is 3. The van der Waals surface area contributed by atoms with Crippen molar-refractivity contribution in [1.82, 2.24) is 15.0 Å². The molecule has 0 bridgehead atoms. The van der Waals surface area contributed by atoms with E-state index in [4.69, 9.17) is 14.0 Å². The Morgan fingerprint density at radius 1 is 1.20 bits per heavy atom. The van der Waals surface area contributed by atoms with Crippen LogP contribution in [0.5, 0.6) is 0 Å². The molecule has 1 unspecified atom stereocenters. The van der Waals surface area contributed by atoms with E-state index in [1.807, 2.05) is 4.90 Å². The maximum Gasteiger partial charge on any atom is 0.252 e. The molecule has 0 aromatic carbocycles. The topological polar surface area (TPSA) is 77.7 Å². The van der Waals surface area contributed by atoms with E-state index in [1.54, 1.807) is 7.11 Å². The summed E-state index contributed by atoms with van der Waals surface area (Å²) in [5.74, 6) is 1.86. The van der Waals surface area contributed by atoms with Crippen LogP contribution >= 0.6 is 0 Å². The molecule has 2 heterocycles. The number of piperidine rings is 1. The zero-order valence-corrected chi connectivity index (χ0v) is 15.1. The molecule has 25 heavy (non-hydrogen) atoms. The third-order valence-electron chi connectivity index (χ3n) is 5.14. The van der Waals surface area contributed by atoms with Crippen molar-refractivity contribution in [2.45, 2.75) is 70.7 Å². The lowest BCUT2D eigenvalue weighted by atomic mass is 9.86. The fourth-order valence-corrected chi connectivity index (χ4v) is 3.79. The molecule has 1 saturated carbocycles. The van der Waals surface area contributed by atoms with E-state index in [1.165, 1.54) is 32.1 Å². The second-order valence-corrected chi connectivity index (χ2v) is 7.16. The number of amides is 1. The van der Waals surface area contributed by atoms with Gasteiger partial charge < -0.3 is 18.9 Å². The third-order valence-corrected chi connectivity index (χ3v) is 5.14. The van der Waals surface area contributed by atoms with Crippen LogP contribution in [0.4, 0.5) is 0 Å². The summed E-state index contributed by atoms with van der Waals surface area (Å²) in [5.41, 5.74) is 0. The van der Waals surface area contributed by atoms with Gasteiger partial charge in [-0.1, -0.05) is 24.4 Å². The summed E-state index contributed by atoms with van der Waals surface area (Å²) in [6.45, 7) is 2.14. The van der Waals surface area contributed by atoms with Gasteiger partial charge in [-0.05, 0) is 31.6 Å². The van der Waals surface area contributed by atoms with Crippen LogP contribution in [0.25, 0.3) is 0 Å². The lowest BCUT2D eigenvalue weighted by Gasteiger charge is -2.34. The number of rotatable bonds is 7. The van der Waals surface area contributed by atoms with Crippen LogP contribution in [0.1, 0.15) is 63.1 Å². The van der Waals surface area contributed by atoms with Gasteiger partial charge in [0.1, 0.15) is 13.2 Å². The molecule has 1 aromatic rings. The standard InChI is InChI=1S/C18H29N3O4/c1-23-13-17-19-16(20-25-17)12-24-15-8-5-9-21(11-15)18(22)10-14-6-3-2-4-7-14/h14-15H,2-13H2,1H3. The van der Waals surface area contributed by atoms with Crippen molar-refractivity contribution >= 4 is 5.91 Å². The maximum atomic E-state index is 12.6. The Labute approximate surface area is 149 Å². The first-order valence-corrected chi connectivity index (χ1v) is 9.44. The Bertz CT molecular complexity index is 542. The Hall–Kier alpha value is -1.47.